The van der Waals surface area contributed by atoms with Gasteiger partial charge in [-0.2, -0.15) is 5.10 Å². The van der Waals surface area contributed by atoms with Crippen LogP contribution >= 0.6 is 0 Å². The summed E-state index contributed by atoms with van der Waals surface area (Å²) in [7, 11) is 1.92. The maximum absolute atomic E-state index is 12.5. The number of hydrogen-bond acceptors (Lipinski definition) is 3. The van der Waals surface area contributed by atoms with Crippen molar-refractivity contribution < 1.29 is 9.53 Å². The van der Waals surface area contributed by atoms with Crippen molar-refractivity contribution in [1.29, 1.82) is 0 Å². The van der Waals surface area contributed by atoms with Crippen LogP contribution in [0.5, 0.6) is 5.75 Å². The topological polar surface area (TPSA) is 47.4 Å². The van der Waals surface area contributed by atoms with Crippen molar-refractivity contribution in [2.45, 2.75) is 31.8 Å². The first-order chi connectivity index (χ1) is 12.2. The molecule has 1 aromatic heterocycles. The molecule has 1 amide bonds. The monoisotopic (exact) mass is 339 g/mol. The van der Waals surface area contributed by atoms with Crippen LogP contribution in [0.2, 0.25) is 0 Å². The van der Waals surface area contributed by atoms with Gasteiger partial charge in [0.15, 0.2) is 0 Å². The highest BCUT2D eigenvalue weighted by Gasteiger charge is 2.43. The minimum atomic E-state index is 0.274. The summed E-state index contributed by atoms with van der Waals surface area (Å²) in [5.74, 6) is 2.41. The number of aromatic nitrogens is 2. The van der Waals surface area contributed by atoms with Crippen LogP contribution in [-0.4, -0.2) is 39.8 Å². The molecular formula is C20H25N3O2. The molecule has 1 aliphatic heterocycles. The molecule has 2 aromatic rings. The van der Waals surface area contributed by atoms with E-state index in [1.165, 1.54) is 0 Å². The van der Waals surface area contributed by atoms with E-state index >= 15 is 0 Å². The summed E-state index contributed by atoms with van der Waals surface area (Å²) in [6.07, 6.45) is 5.54. The van der Waals surface area contributed by atoms with Crippen LogP contribution in [-0.2, 0) is 18.3 Å². The molecule has 1 unspecified atom stereocenters. The average molecular weight is 339 g/mol. The molecule has 3 atom stereocenters. The number of benzene rings is 1. The first-order valence-corrected chi connectivity index (χ1v) is 9.15. The van der Waals surface area contributed by atoms with Gasteiger partial charge in [-0.3, -0.25) is 9.48 Å². The highest BCUT2D eigenvalue weighted by Crippen LogP contribution is 2.39. The maximum atomic E-state index is 12.5. The SMILES string of the molecule is Cn1nccc1CCC(=O)N1C[C@H]2CC(Oc3ccccc3)C[C@H]2C1. The number of ether oxygens (including phenoxy) is 1. The van der Waals surface area contributed by atoms with Gasteiger partial charge in [-0.1, -0.05) is 18.2 Å². The van der Waals surface area contributed by atoms with E-state index < -0.39 is 0 Å². The van der Waals surface area contributed by atoms with Crippen LogP contribution in [0.25, 0.3) is 0 Å². The van der Waals surface area contributed by atoms with Gasteiger partial charge in [0.25, 0.3) is 0 Å². The van der Waals surface area contributed by atoms with Gasteiger partial charge in [0.1, 0.15) is 5.75 Å². The van der Waals surface area contributed by atoms with Gasteiger partial charge < -0.3 is 9.64 Å². The molecule has 1 saturated carbocycles. The highest BCUT2D eigenvalue weighted by molar-refractivity contribution is 5.76. The van der Waals surface area contributed by atoms with Crippen molar-refractivity contribution in [3.63, 3.8) is 0 Å². The van der Waals surface area contributed by atoms with E-state index in [9.17, 15) is 4.79 Å². The van der Waals surface area contributed by atoms with Crippen molar-refractivity contribution >= 4 is 5.91 Å². The van der Waals surface area contributed by atoms with Crippen LogP contribution in [0.4, 0.5) is 0 Å². The zero-order valence-corrected chi connectivity index (χ0v) is 14.7. The van der Waals surface area contributed by atoms with Crippen molar-refractivity contribution in [3.8, 4) is 5.75 Å². The molecule has 1 aromatic carbocycles. The first kappa shape index (κ1) is 16.2. The third kappa shape index (κ3) is 3.55. The lowest BCUT2D eigenvalue weighted by Crippen LogP contribution is -2.31. The molecular weight excluding hydrogens is 314 g/mol. The normalized spacial score (nSPS) is 25.2. The third-order valence-corrected chi connectivity index (χ3v) is 5.62. The third-order valence-electron chi connectivity index (χ3n) is 5.62. The van der Waals surface area contributed by atoms with Gasteiger partial charge in [0, 0.05) is 38.4 Å². The molecule has 1 saturated heterocycles. The quantitative estimate of drug-likeness (QED) is 0.841. The molecule has 0 radical (unpaired) electrons. The first-order valence-electron chi connectivity index (χ1n) is 9.15. The number of carbonyl (C=O) groups is 1. The Morgan fingerprint density at radius 1 is 1.16 bits per heavy atom. The fourth-order valence-corrected chi connectivity index (χ4v) is 4.28. The van der Waals surface area contributed by atoms with Crippen LogP contribution in [0.1, 0.15) is 25.0 Å². The van der Waals surface area contributed by atoms with Crippen molar-refractivity contribution in [1.82, 2.24) is 14.7 Å². The Hall–Kier alpha value is -2.30. The van der Waals surface area contributed by atoms with E-state index in [1.54, 1.807) is 6.20 Å². The Morgan fingerprint density at radius 3 is 2.52 bits per heavy atom. The Bertz CT molecular complexity index is 714. The maximum Gasteiger partial charge on any atom is 0.222 e. The van der Waals surface area contributed by atoms with Crippen molar-refractivity contribution in [2.75, 3.05) is 13.1 Å². The number of hydrogen-bond donors (Lipinski definition) is 0. The Labute approximate surface area is 148 Å². The molecule has 2 fully saturated rings. The largest absolute Gasteiger partial charge is 0.490 e. The minimum Gasteiger partial charge on any atom is -0.490 e. The standard InChI is InChI=1S/C20H25N3O2/c1-22-17(9-10-21-22)7-8-20(24)23-13-15-11-19(12-16(15)14-23)25-18-5-3-2-4-6-18/h2-6,9-10,15-16,19H,7-8,11-14H2,1H3/t15-,16+,19?. The molecule has 25 heavy (non-hydrogen) atoms. The second kappa shape index (κ2) is 6.90. The summed E-state index contributed by atoms with van der Waals surface area (Å²) < 4.78 is 7.95. The van der Waals surface area contributed by atoms with Gasteiger partial charge >= 0.3 is 0 Å². The number of likely N-dealkylation sites (tertiary alicyclic amines) is 1. The fourth-order valence-electron chi connectivity index (χ4n) is 4.28. The lowest BCUT2D eigenvalue weighted by atomic mass is 10.0. The summed E-state index contributed by atoms with van der Waals surface area (Å²) >= 11 is 0. The molecule has 132 valence electrons. The fraction of sp³-hybridized carbons (Fsp3) is 0.500. The molecule has 1 aliphatic carbocycles. The second-order valence-corrected chi connectivity index (χ2v) is 7.29. The van der Waals surface area contributed by atoms with Gasteiger partial charge in [-0.05, 0) is 49.3 Å². The van der Waals surface area contributed by atoms with Gasteiger partial charge in [0.05, 0.1) is 6.10 Å². The predicted octanol–water partition coefficient (Wildman–Crippen LogP) is 2.67. The van der Waals surface area contributed by atoms with Crippen LogP contribution in [0.3, 0.4) is 0 Å². The van der Waals surface area contributed by atoms with E-state index in [0.717, 1.165) is 43.8 Å². The van der Waals surface area contributed by atoms with E-state index in [1.807, 2.05) is 48.1 Å². The molecule has 0 N–H and O–H groups in total. The Balaban J connectivity index is 1.26. The summed E-state index contributed by atoms with van der Waals surface area (Å²) in [6.45, 7) is 1.78. The summed E-state index contributed by atoms with van der Waals surface area (Å²) in [4.78, 5) is 14.6. The number of rotatable bonds is 5. The number of para-hydroxylation sites is 1. The van der Waals surface area contributed by atoms with Gasteiger partial charge in [-0.25, -0.2) is 0 Å². The van der Waals surface area contributed by atoms with Crippen molar-refractivity contribution in [2.24, 2.45) is 18.9 Å². The Kier molecular flexibility index (Phi) is 4.47. The second-order valence-electron chi connectivity index (χ2n) is 7.29. The van der Waals surface area contributed by atoms with Crippen LogP contribution < -0.4 is 4.74 Å². The molecule has 5 nitrogen and oxygen atoms in total. The number of carbonyl (C=O) groups excluding carboxylic acids is 1. The Morgan fingerprint density at radius 2 is 1.88 bits per heavy atom. The zero-order valence-electron chi connectivity index (χ0n) is 14.7. The van der Waals surface area contributed by atoms with Crippen LogP contribution in [0, 0.1) is 11.8 Å². The lowest BCUT2D eigenvalue weighted by Gasteiger charge is -2.20. The van der Waals surface area contributed by atoms with Gasteiger partial charge in [0.2, 0.25) is 5.91 Å². The minimum absolute atomic E-state index is 0.274. The molecule has 2 aliphatic rings. The predicted molar refractivity (Wildman–Crippen MR) is 95.2 cm³/mol. The van der Waals surface area contributed by atoms with Crippen LogP contribution in [0.15, 0.2) is 42.6 Å². The number of amides is 1. The molecule has 0 bridgehead atoms. The number of nitrogens with zero attached hydrogens (tertiary/aromatic N) is 3. The molecule has 5 heteroatoms. The van der Waals surface area contributed by atoms with E-state index in [4.69, 9.17) is 4.74 Å². The average Bonchev–Trinajstić information content (AvgIpc) is 3.28. The summed E-state index contributed by atoms with van der Waals surface area (Å²) in [5.41, 5.74) is 1.11. The summed E-state index contributed by atoms with van der Waals surface area (Å²) in [6, 6.07) is 12.0. The molecule has 4 rings (SSSR count). The number of fused-ring (bicyclic) bond motifs is 1. The zero-order chi connectivity index (χ0) is 17.2. The number of aryl methyl sites for hydroxylation is 2. The molecule has 0 spiro atoms. The lowest BCUT2D eigenvalue weighted by molar-refractivity contribution is -0.130. The molecule has 2 heterocycles. The van der Waals surface area contributed by atoms with E-state index in [0.29, 0.717) is 24.4 Å². The van der Waals surface area contributed by atoms with E-state index in [2.05, 4.69) is 10.00 Å². The summed E-state index contributed by atoms with van der Waals surface area (Å²) in [5, 5.41) is 4.16. The van der Waals surface area contributed by atoms with Gasteiger partial charge in [-0.15, -0.1) is 0 Å². The van der Waals surface area contributed by atoms with Crippen molar-refractivity contribution in [3.05, 3.63) is 48.3 Å². The highest BCUT2D eigenvalue weighted by atomic mass is 16.5. The van der Waals surface area contributed by atoms with E-state index in [-0.39, 0.29) is 5.91 Å². The smallest absolute Gasteiger partial charge is 0.222 e.